The van der Waals surface area contributed by atoms with E-state index in [1.807, 2.05) is 26.4 Å². The maximum atomic E-state index is 5.84. The average molecular weight is 312 g/mol. The van der Waals surface area contributed by atoms with Crippen LogP contribution in [0.2, 0.25) is 0 Å². The lowest BCUT2D eigenvalue weighted by Crippen LogP contribution is -2.48. The number of aliphatic imine (C=N–C) groups is 1. The molecule has 0 spiro atoms. The van der Waals surface area contributed by atoms with E-state index in [1.165, 1.54) is 0 Å². The number of morpholine rings is 1. The van der Waals surface area contributed by atoms with E-state index in [9.17, 15) is 0 Å². The van der Waals surface area contributed by atoms with Gasteiger partial charge in [-0.05, 0) is 6.92 Å². The van der Waals surface area contributed by atoms with Gasteiger partial charge in [0.1, 0.15) is 6.10 Å². The highest BCUT2D eigenvalue weighted by Crippen LogP contribution is 2.21. The number of aryl methyl sites for hydroxylation is 1. The molecule has 1 N–H and O–H groups in total. The van der Waals surface area contributed by atoms with Crippen molar-refractivity contribution in [3.05, 3.63) is 29.6 Å². The van der Waals surface area contributed by atoms with Crippen molar-refractivity contribution in [1.82, 2.24) is 20.0 Å². The van der Waals surface area contributed by atoms with E-state index in [0.29, 0.717) is 18.2 Å². The van der Waals surface area contributed by atoms with Gasteiger partial charge in [-0.2, -0.15) is 5.10 Å². The van der Waals surface area contributed by atoms with Crippen LogP contribution < -0.4 is 5.32 Å². The molecule has 0 aliphatic carbocycles. The second-order valence-electron chi connectivity index (χ2n) is 4.94. The molecule has 1 fully saturated rings. The highest BCUT2D eigenvalue weighted by atomic mass is 35.5. The van der Waals surface area contributed by atoms with Crippen LogP contribution in [-0.4, -0.2) is 53.4 Å². The molecule has 1 aromatic rings. The summed E-state index contributed by atoms with van der Waals surface area (Å²) in [6.07, 6.45) is 3.84. The first-order valence-electron chi connectivity index (χ1n) is 7.06. The fraction of sp³-hybridized carbons (Fsp3) is 0.571. The molecular formula is C14H22ClN5O. The molecule has 1 unspecified atom stereocenters. The summed E-state index contributed by atoms with van der Waals surface area (Å²) in [5.41, 5.74) is 1.08. The smallest absolute Gasteiger partial charge is 0.194 e. The number of nitrogens with zero attached hydrogens (tertiary/aromatic N) is 4. The normalized spacial score (nSPS) is 19.7. The standard InChI is InChI=1S/C14H22ClN5O/c1-4-16-14(17-7-11(2)15)20-5-6-21-13(10-20)12-8-18-19(3)9-12/h8-9,13H,2,4-7,10H2,1,3H3,(H,16,17). The number of hydrogen-bond acceptors (Lipinski definition) is 3. The number of rotatable bonds is 4. The molecule has 0 aromatic carbocycles. The van der Waals surface area contributed by atoms with Crippen LogP contribution in [0.5, 0.6) is 0 Å². The molecule has 7 heteroatoms. The van der Waals surface area contributed by atoms with E-state index in [0.717, 1.165) is 31.2 Å². The Morgan fingerprint density at radius 3 is 3.10 bits per heavy atom. The topological polar surface area (TPSA) is 54.7 Å². The van der Waals surface area contributed by atoms with Crippen LogP contribution in [0.25, 0.3) is 0 Å². The Morgan fingerprint density at radius 1 is 1.67 bits per heavy atom. The molecule has 116 valence electrons. The molecular weight excluding hydrogens is 290 g/mol. The number of hydrogen-bond donors (Lipinski definition) is 1. The molecule has 0 amide bonds. The second kappa shape index (κ2) is 7.47. The van der Waals surface area contributed by atoms with Gasteiger partial charge in [0.15, 0.2) is 5.96 Å². The average Bonchev–Trinajstić information content (AvgIpc) is 2.90. The molecule has 1 aliphatic heterocycles. The Kier molecular flexibility index (Phi) is 5.64. The van der Waals surface area contributed by atoms with Gasteiger partial charge >= 0.3 is 0 Å². The van der Waals surface area contributed by atoms with Gasteiger partial charge in [-0.3, -0.25) is 4.68 Å². The van der Waals surface area contributed by atoms with Crippen molar-refractivity contribution in [2.24, 2.45) is 12.0 Å². The van der Waals surface area contributed by atoms with E-state index < -0.39 is 0 Å². The van der Waals surface area contributed by atoms with Crippen molar-refractivity contribution in [2.75, 3.05) is 32.8 Å². The lowest BCUT2D eigenvalue weighted by Gasteiger charge is -2.34. The summed E-state index contributed by atoms with van der Waals surface area (Å²) in [6, 6.07) is 0. The number of guanidine groups is 1. The van der Waals surface area contributed by atoms with Crippen LogP contribution >= 0.6 is 11.6 Å². The summed E-state index contributed by atoms with van der Waals surface area (Å²) in [7, 11) is 1.90. The molecule has 1 aliphatic rings. The lowest BCUT2D eigenvalue weighted by molar-refractivity contribution is -0.00801. The van der Waals surface area contributed by atoms with Gasteiger partial charge < -0.3 is 15.0 Å². The van der Waals surface area contributed by atoms with Gasteiger partial charge in [-0.25, -0.2) is 4.99 Å². The molecule has 1 saturated heterocycles. The number of ether oxygens (including phenoxy) is 1. The number of aromatic nitrogens is 2. The van der Waals surface area contributed by atoms with Gasteiger partial charge in [0, 0.05) is 36.9 Å². The number of nitrogens with one attached hydrogen (secondary N) is 1. The highest BCUT2D eigenvalue weighted by molar-refractivity contribution is 6.29. The second-order valence-corrected chi connectivity index (χ2v) is 5.47. The molecule has 2 heterocycles. The Labute approximate surface area is 130 Å². The van der Waals surface area contributed by atoms with Gasteiger partial charge in [0.2, 0.25) is 0 Å². The van der Waals surface area contributed by atoms with Gasteiger partial charge in [0.25, 0.3) is 0 Å². The third kappa shape index (κ3) is 4.47. The van der Waals surface area contributed by atoms with Crippen molar-refractivity contribution < 1.29 is 4.74 Å². The van der Waals surface area contributed by atoms with Crippen molar-refractivity contribution in [3.63, 3.8) is 0 Å². The van der Waals surface area contributed by atoms with Crippen molar-refractivity contribution in [2.45, 2.75) is 13.0 Å². The number of halogens is 1. The largest absolute Gasteiger partial charge is 0.370 e. The van der Waals surface area contributed by atoms with Crippen molar-refractivity contribution in [3.8, 4) is 0 Å². The first kappa shape index (κ1) is 15.9. The highest BCUT2D eigenvalue weighted by Gasteiger charge is 2.25. The summed E-state index contributed by atoms with van der Waals surface area (Å²) in [4.78, 5) is 6.68. The predicted molar refractivity (Wildman–Crippen MR) is 84.4 cm³/mol. The lowest BCUT2D eigenvalue weighted by atomic mass is 10.1. The summed E-state index contributed by atoms with van der Waals surface area (Å²) < 4.78 is 7.63. The van der Waals surface area contributed by atoms with Crippen LogP contribution in [-0.2, 0) is 11.8 Å². The summed E-state index contributed by atoms with van der Waals surface area (Å²) in [6.45, 7) is 9.15. The summed E-state index contributed by atoms with van der Waals surface area (Å²) in [5.74, 6) is 0.844. The third-order valence-electron chi connectivity index (χ3n) is 3.20. The fourth-order valence-electron chi connectivity index (χ4n) is 2.24. The van der Waals surface area contributed by atoms with E-state index in [2.05, 4.69) is 26.9 Å². The van der Waals surface area contributed by atoms with Crippen LogP contribution in [0.3, 0.4) is 0 Å². The van der Waals surface area contributed by atoms with Gasteiger partial charge in [0.05, 0.1) is 25.9 Å². The SMILES string of the molecule is C=C(Cl)CN=C(NCC)N1CCOC(c2cnn(C)c2)C1. The first-order chi connectivity index (χ1) is 10.1. The zero-order valence-corrected chi connectivity index (χ0v) is 13.3. The van der Waals surface area contributed by atoms with Crippen LogP contribution in [0, 0.1) is 0 Å². The van der Waals surface area contributed by atoms with Crippen molar-refractivity contribution >= 4 is 17.6 Å². The summed E-state index contributed by atoms with van der Waals surface area (Å²) in [5, 5.41) is 8.02. The minimum absolute atomic E-state index is 0.00973. The van der Waals surface area contributed by atoms with Crippen molar-refractivity contribution in [1.29, 1.82) is 0 Å². The van der Waals surface area contributed by atoms with Crippen LogP contribution in [0.15, 0.2) is 29.0 Å². The summed E-state index contributed by atoms with van der Waals surface area (Å²) >= 11 is 5.80. The molecule has 0 saturated carbocycles. The first-order valence-corrected chi connectivity index (χ1v) is 7.44. The zero-order chi connectivity index (χ0) is 15.2. The molecule has 1 atom stereocenters. The van der Waals surface area contributed by atoms with Crippen LogP contribution in [0.4, 0.5) is 0 Å². The van der Waals surface area contributed by atoms with E-state index >= 15 is 0 Å². The Bertz CT molecular complexity index is 513. The maximum Gasteiger partial charge on any atom is 0.194 e. The van der Waals surface area contributed by atoms with E-state index in [4.69, 9.17) is 16.3 Å². The van der Waals surface area contributed by atoms with E-state index in [-0.39, 0.29) is 6.10 Å². The molecule has 6 nitrogen and oxygen atoms in total. The monoisotopic (exact) mass is 311 g/mol. The quantitative estimate of drug-likeness (QED) is 0.676. The Morgan fingerprint density at radius 2 is 2.48 bits per heavy atom. The third-order valence-corrected chi connectivity index (χ3v) is 3.32. The molecule has 21 heavy (non-hydrogen) atoms. The minimum Gasteiger partial charge on any atom is -0.370 e. The Hall–Kier alpha value is -1.53. The molecule has 1 aromatic heterocycles. The maximum absolute atomic E-state index is 5.84. The van der Waals surface area contributed by atoms with Crippen LogP contribution in [0.1, 0.15) is 18.6 Å². The zero-order valence-electron chi connectivity index (χ0n) is 12.5. The van der Waals surface area contributed by atoms with Gasteiger partial charge in [-0.1, -0.05) is 18.2 Å². The minimum atomic E-state index is 0.00973. The van der Waals surface area contributed by atoms with E-state index in [1.54, 1.807) is 4.68 Å². The molecule has 2 rings (SSSR count). The van der Waals surface area contributed by atoms with Gasteiger partial charge in [-0.15, -0.1) is 0 Å². The molecule has 0 bridgehead atoms. The predicted octanol–water partition coefficient (Wildman–Crippen LogP) is 1.51. The fourth-order valence-corrected chi connectivity index (χ4v) is 2.30. The molecule has 0 radical (unpaired) electrons. The Balaban J connectivity index is 2.06.